The summed E-state index contributed by atoms with van der Waals surface area (Å²) in [5.41, 5.74) is 8.16. The Morgan fingerprint density at radius 3 is 2.52 bits per heavy atom. The van der Waals surface area contributed by atoms with Crippen molar-refractivity contribution in [3.8, 4) is 0 Å². The molecule has 48 heavy (non-hydrogen) atoms. The molecule has 5 rings (SSSR count). The summed E-state index contributed by atoms with van der Waals surface area (Å²) in [6.07, 6.45) is 16.3. The third-order valence-electron chi connectivity index (χ3n) is 10.5. The fourth-order valence-electron chi connectivity index (χ4n) is 7.64. The van der Waals surface area contributed by atoms with Crippen LogP contribution in [0.4, 0.5) is 5.69 Å². The lowest BCUT2D eigenvalue weighted by atomic mass is 9.77. The minimum atomic E-state index is -0.904. The van der Waals surface area contributed by atoms with Gasteiger partial charge in [-0.1, -0.05) is 122 Å². The van der Waals surface area contributed by atoms with Gasteiger partial charge in [0.15, 0.2) is 0 Å². The molecule has 1 atom stereocenters. The van der Waals surface area contributed by atoms with Crippen molar-refractivity contribution in [1.82, 2.24) is 4.58 Å². The lowest BCUT2D eigenvalue weighted by molar-refractivity contribution is -0.137. The third kappa shape index (κ3) is 6.79. The lowest BCUT2D eigenvalue weighted by Gasteiger charge is -2.37. The van der Waals surface area contributed by atoms with E-state index in [0.717, 1.165) is 80.5 Å². The van der Waals surface area contributed by atoms with Crippen molar-refractivity contribution in [3.63, 3.8) is 0 Å². The maximum atomic E-state index is 12.1. The van der Waals surface area contributed by atoms with Crippen molar-refractivity contribution < 1.29 is 9.90 Å². The molecule has 1 unspecified atom stereocenters. The Bertz CT molecular complexity index is 1770. The van der Waals surface area contributed by atoms with Gasteiger partial charge in [0, 0.05) is 41.2 Å². The summed E-state index contributed by atoms with van der Waals surface area (Å²) in [5.74, 6) is 0.207. The summed E-state index contributed by atoms with van der Waals surface area (Å²) in [6, 6.07) is 13.8. The SMILES string of the molecule is C=c1ccc2c(c1)C(C)(C)[C-](/C=C/[C-]1CCC/C(=C\C=C3/N(CCCC)c4ccc(C)cc4C3(C)C)C1=NC(C)C(=O)O)[N+]=2CCCC. The Morgan fingerprint density at radius 1 is 1.06 bits per heavy atom. The van der Waals surface area contributed by atoms with Crippen LogP contribution in [0.2, 0.25) is 0 Å². The molecular weight excluding hydrogens is 590 g/mol. The fraction of sp³-hybridized carbons (Fsp3) is 0.465. The first-order chi connectivity index (χ1) is 22.8. The first-order valence-corrected chi connectivity index (χ1v) is 18.1. The van der Waals surface area contributed by atoms with Crippen molar-refractivity contribution in [1.29, 1.82) is 0 Å². The van der Waals surface area contributed by atoms with Crippen LogP contribution in [0.15, 0.2) is 77.0 Å². The minimum absolute atomic E-state index is 0.144. The van der Waals surface area contributed by atoms with Crippen LogP contribution in [0.5, 0.6) is 0 Å². The van der Waals surface area contributed by atoms with E-state index in [9.17, 15) is 9.90 Å². The molecule has 5 heteroatoms. The van der Waals surface area contributed by atoms with Crippen LogP contribution < -0.4 is 20.1 Å². The number of anilines is 1. The highest BCUT2D eigenvalue weighted by Crippen LogP contribution is 2.48. The number of hydrogen-bond acceptors (Lipinski definition) is 3. The number of aryl methyl sites for hydroxylation is 1. The highest BCUT2D eigenvalue weighted by atomic mass is 16.4. The minimum Gasteiger partial charge on any atom is -0.480 e. The molecule has 0 amide bonds. The Morgan fingerprint density at radius 2 is 1.81 bits per heavy atom. The smallest absolute Gasteiger partial charge is 0.328 e. The maximum Gasteiger partial charge on any atom is 0.328 e. The molecule has 2 aromatic rings. The Balaban J connectivity index is 1.55. The second-order valence-electron chi connectivity index (χ2n) is 15.0. The van der Waals surface area contributed by atoms with E-state index in [2.05, 4.69) is 125 Å². The van der Waals surface area contributed by atoms with Gasteiger partial charge in [-0.2, -0.15) is 5.92 Å². The zero-order valence-corrected chi connectivity index (χ0v) is 30.6. The van der Waals surface area contributed by atoms with Crippen LogP contribution in [0.25, 0.3) is 6.58 Å². The van der Waals surface area contributed by atoms with Crippen molar-refractivity contribution in [2.45, 2.75) is 117 Å². The van der Waals surface area contributed by atoms with Gasteiger partial charge in [0.25, 0.3) is 0 Å². The number of fused-ring (bicyclic) bond motifs is 2. The molecule has 2 aromatic carbocycles. The van der Waals surface area contributed by atoms with Crippen LogP contribution in [0.3, 0.4) is 0 Å². The molecule has 0 spiro atoms. The topological polar surface area (TPSA) is 55.9 Å². The van der Waals surface area contributed by atoms with Crippen molar-refractivity contribution >= 4 is 23.9 Å². The van der Waals surface area contributed by atoms with E-state index < -0.39 is 12.0 Å². The van der Waals surface area contributed by atoms with Crippen molar-refractivity contribution in [2.24, 2.45) is 4.99 Å². The highest BCUT2D eigenvalue weighted by Gasteiger charge is 2.40. The molecule has 2 heterocycles. The number of rotatable bonds is 11. The van der Waals surface area contributed by atoms with Gasteiger partial charge in [0.2, 0.25) is 0 Å². The van der Waals surface area contributed by atoms with Crippen LogP contribution in [-0.2, 0) is 15.6 Å². The largest absolute Gasteiger partial charge is 0.480 e. The second kappa shape index (κ2) is 14.2. The molecule has 0 saturated heterocycles. The summed E-state index contributed by atoms with van der Waals surface area (Å²) in [5, 5.41) is 12.2. The monoisotopic (exact) mass is 646 g/mol. The molecule has 0 bridgehead atoms. The molecular formula is C43H56N3O2-. The number of benzene rings is 2. The van der Waals surface area contributed by atoms with Gasteiger partial charge in [-0.05, 0) is 48.7 Å². The molecule has 1 aliphatic carbocycles. The number of nitrogens with zero attached hydrogens (tertiary/aromatic N) is 3. The maximum absolute atomic E-state index is 12.1. The molecule has 0 aromatic heterocycles. The average Bonchev–Trinajstić information content (AvgIpc) is 3.38. The number of aliphatic imine (C=N–C) groups is 1. The summed E-state index contributed by atoms with van der Waals surface area (Å²) >= 11 is 0. The average molecular weight is 647 g/mol. The first-order valence-electron chi connectivity index (χ1n) is 18.1. The molecule has 256 valence electrons. The summed E-state index contributed by atoms with van der Waals surface area (Å²) in [7, 11) is 0. The van der Waals surface area contributed by atoms with Crippen LogP contribution >= 0.6 is 0 Å². The van der Waals surface area contributed by atoms with Crippen LogP contribution in [0, 0.1) is 18.9 Å². The van der Waals surface area contributed by atoms with Gasteiger partial charge in [-0.15, -0.1) is 11.6 Å². The number of allylic oxidation sites excluding steroid dienone is 5. The highest BCUT2D eigenvalue weighted by molar-refractivity contribution is 6.13. The molecule has 1 saturated carbocycles. The number of unbranched alkanes of at least 4 members (excludes halogenated alkanes) is 2. The summed E-state index contributed by atoms with van der Waals surface area (Å²) in [6.45, 7) is 23.7. The van der Waals surface area contributed by atoms with Crippen LogP contribution in [0.1, 0.15) is 110 Å². The van der Waals surface area contributed by atoms with E-state index >= 15 is 0 Å². The summed E-state index contributed by atoms with van der Waals surface area (Å²) in [4.78, 5) is 19.5. The number of carbonyl (C=O) groups is 1. The molecule has 2 aliphatic heterocycles. The van der Waals surface area contributed by atoms with Crippen molar-refractivity contribution in [3.05, 3.63) is 111 Å². The molecule has 3 aliphatic rings. The quantitative estimate of drug-likeness (QED) is 0.198. The van der Waals surface area contributed by atoms with Gasteiger partial charge in [0.1, 0.15) is 17.9 Å². The van der Waals surface area contributed by atoms with Gasteiger partial charge in [-0.25, -0.2) is 10.9 Å². The summed E-state index contributed by atoms with van der Waals surface area (Å²) < 4.78 is 2.47. The fourth-order valence-corrected chi connectivity index (χ4v) is 7.64. The van der Waals surface area contributed by atoms with Gasteiger partial charge in [0.05, 0.1) is 0 Å². The van der Waals surface area contributed by atoms with Gasteiger partial charge >= 0.3 is 5.97 Å². The van der Waals surface area contributed by atoms with E-state index in [1.807, 2.05) is 0 Å². The molecule has 5 nitrogen and oxygen atoms in total. The van der Waals surface area contributed by atoms with Crippen LogP contribution in [-0.4, -0.2) is 35.9 Å². The third-order valence-corrected chi connectivity index (χ3v) is 10.5. The van der Waals surface area contributed by atoms with E-state index in [-0.39, 0.29) is 10.8 Å². The Kier molecular flexibility index (Phi) is 10.5. The second-order valence-corrected chi connectivity index (χ2v) is 15.0. The standard InChI is InChI=1S/C43H56N3O2/c1-10-12-25-45-36-21-17-29(3)27-34(36)42(6,7)38(45)23-19-32-15-14-16-33(40(32)44-31(5)41(47)48)20-24-39-43(8,9)35-28-30(4)18-22-37(35)46(39)26-13-11-2/h17-24,27-28,31H,3,10-16,25-26H2,1-2,4-9H3,(H,47,48)/q-1/b23-19+,33-20+,39-24-,44-40?. The predicted molar refractivity (Wildman–Crippen MR) is 202 cm³/mol. The zero-order chi connectivity index (χ0) is 34.8. The number of aliphatic carboxylic acids is 1. The normalized spacial score (nSPS) is 21.5. The Labute approximate surface area is 289 Å². The molecule has 0 radical (unpaired) electrons. The predicted octanol–water partition coefficient (Wildman–Crippen LogP) is 8.16. The number of carboxylic acid groups (broad SMARTS) is 1. The molecule has 1 fully saturated rings. The zero-order valence-electron chi connectivity index (χ0n) is 30.6. The van der Waals surface area contributed by atoms with Gasteiger partial charge in [-0.3, -0.25) is 11.1 Å². The first kappa shape index (κ1) is 35.3. The number of hydrogen-bond donors (Lipinski definition) is 1. The lowest BCUT2D eigenvalue weighted by Crippen LogP contribution is -2.33. The number of carboxylic acids is 1. The van der Waals surface area contributed by atoms with E-state index in [0.29, 0.717) is 0 Å². The van der Waals surface area contributed by atoms with Gasteiger partial charge < -0.3 is 14.6 Å². The Hall–Kier alpha value is -3.99. The molecule has 1 N–H and O–H groups in total. The van der Waals surface area contributed by atoms with E-state index in [1.54, 1.807) is 6.92 Å². The van der Waals surface area contributed by atoms with Crippen molar-refractivity contribution in [2.75, 3.05) is 18.0 Å². The van der Waals surface area contributed by atoms with E-state index in [4.69, 9.17) is 4.99 Å². The van der Waals surface area contributed by atoms with E-state index in [1.165, 1.54) is 39.5 Å².